The molecule has 2 aromatic rings. The molecular weight excluding hydrogens is 236 g/mol. The van der Waals surface area contributed by atoms with Crippen LogP contribution >= 0.6 is 11.6 Å². The lowest BCUT2D eigenvalue weighted by Gasteiger charge is -2.14. The zero-order valence-electron chi connectivity index (χ0n) is 9.37. The fraction of sp³-hybridized carbons (Fsp3) is 0.0769. The molecule has 0 aliphatic heterocycles. The average molecular weight is 249 g/mol. The highest BCUT2D eigenvalue weighted by Gasteiger charge is 2.11. The molecule has 4 N–H and O–H groups in total. The molecular formula is C13H13ClN2O. The van der Waals surface area contributed by atoms with E-state index < -0.39 is 0 Å². The number of aromatic hydroxyl groups is 1. The van der Waals surface area contributed by atoms with E-state index in [1.807, 2.05) is 37.3 Å². The number of nitrogens with two attached hydrogens (primary N) is 1. The minimum atomic E-state index is 0.0885. The SMILES string of the molecule is Cc1c(N)c(Cl)cc(O)c1Nc1ccccc1. The Kier molecular flexibility index (Phi) is 3.11. The van der Waals surface area contributed by atoms with Gasteiger partial charge in [0.2, 0.25) is 0 Å². The molecule has 0 amide bonds. The maximum atomic E-state index is 9.86. The Morgan fingerprint density at radius 2 is 1.88 bits per heavy atom. The fourth-order valence-electron chi connectivity index (χ4n) is 1.60. The van der Waals surface area contributed by atoms with Crippen LogP contribution in [0.3, 0.4) is 0 Å². The summed E-state index contributed by atoms with van der Waals surface area (Å²) in [7, 11) is 0. The van der Waals surface area contributed by atoms with E-state index in [0.29, 0.717) is 16.4 Å². The Morgan fingerprint density at radius 1 is 1.24 bits per heavy atom. The fourth-order valence-corrected chi connectivity index (χ4v) is 1.84. The van der Waals surface area contributed by atoms with Gasteiger partial charge < -0.3 is 16.2 Å². The summed E-state index contributed by atoms with van der Waals surface area (Å²) in [5.74, 6) is 0.0885. The topological polar surface area (TPSA) is 58.3 Å². The van der Waals surface area contributed by atoms with Crippen LogP contribution in [0.4, 0.5) is 17.1 Å². The van der Waals surface area contributed by atoms with Crippen LogP contribution in [0.2, 0.25) is 5.02 Å². The first-order valence-electron chi connectivity index (χ1n) is 5.19. The zero-order valence-corrected chi connectivity index (χ0v) is 10.1. The Hall–Kier alpha value is -1.87. The Bertz CT molecular complexity index is 541. The van der Waals surface area contributed by atoms with Crippen molar-refractivity contribution in [3.8, 4) is 5.75 Å². The molecule has 0 saturated carbocycles. The number of anilines is 3. The van der Waals surface area contributed by atoms with Gasteiger partial charge >= 0.3 is 0 Å². The molecule has 3 nitrogen and oxygen atoms in total. The third-order valence-electron chi connectivity index (χ3n) is 2.60. The van der Waals surface area contributed by atoms with Crippen LogP contribution < -0.4 is 11.1 Å². The van der Waals surface area contributed by atoms with Crippen LogP contribution in [-0.2, 0) is 0 Å². The minimum absolute atomic E-state index is 0.0885. The number of para-hydroxylation sites is 1. The molecule has 0 spiro atoms. The third kappa shape index (κ3) is 2.29. The number of nitrogens with one attached hydrogen (secondary N) is 1. The van der Waals surface area contributed by atoms with Crippen LogP contribution in [-0.4, -0.2) is 5.11 Å². The minimum Gasteiger partial charge on any atom is -0.506 e. The molecule has 0 aromatic heterocycles. The largest absolute Gasteiger partial charge is 0.506 e. The van der Waals surface area contributed by atoms with E-state index in [4.69, 9.17) is 17.3 Å². The monoisotopic (exact) mass is 248 g/mol. The van der Waals surface area contributed by atoms with E-state index in [1.165, 1.54) is 6.07 Å². The van der Waals surface area contributed by atoms with Crippen molar-refractivity contribution in [2.45, 2.75) is 6.92 Å². The summed E-state index contributed by atoms with van der Waals surface area (Å²) in [4.78, 5) is 0. The summed E-state index contributed by atoms with van der Waals surface area (Å²) in [5.41, 5.74) is 8.50. The zero-order chi connectivity index (χ0) is 12.4. The Morgan fingerprint density at radius 3 is 2.53 bits per heavy atom. The van der Waals surface area contributed by atoms with Gasteiger partial charge in [-0.25, -0.2) is 0 Å². The lowest BCUT2D eigenvalue weighted by atomic mass is 10.1. The van der Waals surface area contributed by atoms with Gasteiger partial charge in [-0.15, -0.1) is 0 Å². The van der Waals surface area contributed by atoms with Crippen molar-refractivity contribution in [3.05, 3.63) is 47.0 Å². The van der Waals surface area contributed by atoms with E-state index in [9.17, 15) is 5.11 Å². The summed E-state index contributed by atoms with van der Waals surface area (Å²) in [6, 6.07) is 11.0. The summed E-state index contributed by atoms with van der Waals surface area (Å²) < 4.78 is 0. The van der Waals surface area contributed by atoms with Gasteiger partial charge in [0, 0.05) is 17.3 Å². The van der Waals surface area contributed by atoms with E-state index in [0.717, 1.165) is 11.3 Å². The summed E-state index contributed by atoms with van der Waals surface area (Å²) in [6.07, 6.45) is 0. The normalized spacial score (nSPS) is 10.2. The van der Waals surface area contributed by atoms with Crippen molar-refractivity contribution in [1.82, 2.24) is 0 Å². The van der Waals surface area contributed by atoms with Gasteiger partial charge in [0.05, 0.1) is 16.4 Å². The second kappa shape index (κ2) is 4.55. The Balaban J connectivity index is 2.43. The lowest BCUT2D eigenvalue weighted by Crippen LogP contribution is -1.98. The average Bonchev–Trinajstić information content (AvgIpc) is 2.33. The first-order valence-corrected chi connectivity index (χ1v) is 5.57. The molecule has 17 heavy (non-hydrogen) atoms. The van der Waals surface area contributed by atoms with Crippen LogP contribution in [0.15, 0.2) is 36.4 Å². The smallest absolute Gasteiger partial charge is 0.140 e. The van der Waals surface area contributed by atoms with Crippen LogP contribution in [0.5, 0.6) is 5.75 Å². The van der Waals surface area contributed by atoms with Gasteiger partial charge in [-0.05, 0) is 19.1 Å². The second-order valence-corrected chi connectivity index (χ2v) is 4.19. The predicted molar refractivity (Wildman–Crippen MR) is 72.0 cm³/mol. The highest BCUT2D eigenvalue weighted by molar-refractivity contribution is 6.33. The van der Waals surface area contributed by atoms with Gasteiger partial charge in [-0.2, -0.15) is 0 Å². The molecule has 0 bridgehead atoms. The van der Waals surface area contributed by atoms with Crippen LogP contribution in [0.1, 0.15) is 5.56 Å². The molecule has 0 atom stereocenters. The molecule has 2 rings (SSSR count). The van der Waals surface area contributed by atoms with Gasteiger partial charge in [-0.1, -0.05) is 29.8 Å². The molecule has 4 heteroatoms. The van der Waals surface area contributed by atoms with Gasteiger partial charge in [-0.3, -0.25) is 0 Å². The number of hydrogen-bond acceptors (Lipinski definition) is 3. The maximum Gasteiger partial charge on any atom is 0.140 e. The summed E-state index contributed by atoms with van der Waals surface area (Å²) in [5, 5.41) is 13.3. The molecule has 0 heterocycles. The molecule has 2 aromatic carbocycles. The number of halogens is 1. The van der Waals surface area contributed by atoms with Crippen molar-refractivity contribution in [2.75, 3.05) is 11.1 Å². The summed E-state index contributed by atoms with van der Waals surface area (Å²) in [6.45, 7) is 1.81. The van der Waals surface area contributed by atoms with Crippen molar-refractivity contribution < 1.29 is 5.11 Å². The van der Waals surface area contributed by atoms with Gasteiger partial charge in [0.25, 0.3) is 0 Å². The quantitative estimate of drug-likeness (QED) is 0.432. The van der Waals surface area contributed by atoms with Crippen molar-refractivity contribution >= 4 is 28.7 Å². The van der Waals surface area contributed by atoms with E-state index in [1.54, 1.807) is 0 Å². The van der Waals surface area contributed by atoms with Crippen LogP contribution in [0.25, 0.3) is 0 Å². The maximum absolute atomic E-state index is 9.86. The third-order valence-corrected chi connectivity index (χ3v) is 2.91. The molecule has 0 fully saturated rings. The van der Waals surface area contributed by atoms with Crippen molar-refractivity contribution in [2.24, 2.45) is 0 Å². The number of benzene rings is 2. The number of phenolic OH excluding ortho intramolecular Hbond substituents is 1. The second-order valence-electron chi connectivity index (χ2n) is 3.78. The predicted octanol–water partition coefficient (Wildman–Crippen LogP) is 3.68. The number of nitrogen functional groups attached to an aromatic ring is 1. The number of hydrogen-bond donors (Lipinski definition) is 3. The highest BCUT2D eigenvalue weighted by Crippen LogP contribution is 2.38. The molecule has 0 aliphatic rings. The van der Waals surface area contributed by atoms with E-state index >= 15 is 0 Å². The van der Waals surface area contributed by atoms with Crippen molar-refractivity contribution in [1.29, 1.82) is 0 Å². The molecule has 0 radical (unpaired) electrons. The standard InChI is InChI=1S/C13H13ClN2O/c1-8-12(15)10(14)7-11(17)13(8)16-9-5-3-2-4-6-9/h2-7,16-17H,15H2,1H3. The molecule has 0 unspecified atom stereocenters. The molecule has 0 saturated heterocycles. The van der Waals surface area contributed by atoms with E-state index in [-0.39, 0.29) is 5.75 Å². The van der Waals surface area contributed by atoms with Crippen molar-refractivity contribution in [3.63, 3.8) is 0 Å². The Labute approximate surface area is 105 Å². The highest BCUT2D eigenvalue weighted by atomic mass is 35.5. The molecule has 0 aliphatic carbocycles. The number of phenols is 1. The molecule has 88 valence electrons. The first-order chi connectivity index (χ1) is 8.09. The van der Waals surface area contributed by atoms with Crippen LogP contribution in [0, 0.1) is 6.92 Å². The number of rotatable bonds is 2. The van der Waals surface area contributed by atoms with Gasteiger partial charge in [0.15, 0.2) is 0 Å². The first kappa shape index (κ1) is 11.6. The summed E-state index contributed by atoms with van der Waals surface area (Å²) >= 11 is 5.88. The lowest BCUT2D eigenvalue weighted by molar-refractivity contribution is 0.477. The van der Waals surface area contributed by atoms with E-state index in [2.05, 4.69) is 5.32 Å². The van der Waals surface area contributed by atoms with Gasteiger partial charge in [0.1, 0.15) is 5.75 Å².